The van der Waals surface area contributed by atoms with Gasteiger partial charge in [-0.2, -0.15) is 0 Å². The van der Waals surface area contributed by atoms with Crippen LogP contribution in [0.25, 0.3) is 11.3 Å². The van der Waals surface area contributed by atoms with Gasteiger partial charge in [0.05, 0.1) is 12.8 Å². The highest BCUT2D eigenvalue weighted by Gasteiger charge is 2.10. The number of ether oxygens (including phenoxy) is 1. The number of aromatic nitrogens is 1. The summed E-state index contributed by atoms with van der Waals surface area (Å²) in [5.74, 6) is 0.374. The Bertz CT molecular complexity index is 924. The second-order valence-electron chi connectivity index (χ2n) is 5.18. The standard InChI is InChI=1S/C18H14ClN3O2S2/c1-24-14-8-4-12(5-9-14)16(23)21-17(25)22-18-20-15(10-26-18)11-2-6-13(19)7-3-11/h2-10H,1H3,(H2,20,21,22,23,25). The minimum absolute atomic E-state index is 0.183. The predicted molar refractivity (Wildman–Crippen MR) is 109 cm³/mol. The van der Waals surface area contributed by atoms with Crippen LogP contribution in [0, 0.1) is 0 Å². The number of hydrogen-bond donors (Lipinski definition) is 2. The maximum absolute atomic E-state index is 12.2. The van der Waals surface area contributed by atoms with Gasteiger partial charge in [0.25, 0.3) is 5.91 Å². The van der Waals surface area contributed by atoms with Gasteiger partial charge in [0.2, 0.25) is 0 Å². The first-order chi connectivity index (χ1) is 12.5. The first-order valence-electron chi connectivity index (χ1n) is 7.53. The fourth-order valence-corrected chi connectivity index (χ4v) is 3.23. The fraction of sp³-hybridized carbons (Fsp3) is 0.0556. The van der Waals surface area contributed by atoms with Crippen LogP contribution in [0.5, 0.6) is 5.75 Å². The number of benzene rings is 2. The van der Waals surface area contributed by atoms with E-state index in [1.807, 2.05) is 29.6 Å². The van der Waals surface area contributed by atoms with Crippen molar-refractivity contribution in [2.24, 2.45) is 0 Å². The molecule has 0 aliphatic rings. The third-order valence-electron chi connectivity index (χ3n) is 3.44. The SMILES string of the molecule is COc1ccc(C(=O)NC(=S)Nc2nc(-c3ccc(Cl)cc3)cs2)cc1. The molecule has 26 heavy (non-hydrogen) atoms. The molecule has 3 rings (SSSR count). The average Bonchev–Trinajstić information content (AvgIpc) is 3.10. The number of carbonyl (C=O) groups excluding carboxylic acids is 1. The molecule has 0 spiro atoms. The summed E-state index contributed by atoms with van der Waals surface area (Å²) < 4.78 is 5.07. The van der Waals surface area contributed by atoms with Crippen LogP contribution in [-0.2, 0) is 0 Å². The first-order valence-corrected chi connectivity index (χ1v) is 9.19. The van der Waals surface area contributed by atoms with Gasteiger partial charge in [-0.25, -0.2) is 4.98 Å². The van der Waals surface area contributed by atoms with Crippen molar-refractivity contribution in [1.82, 2.24) is 10.3 Å². The van der Waals surface area contributed by atoms with E-state index in [1.54, 1.807) is 31.4 Å². The van der Waals surface area contributed by atoms with Crippen LogP contribution in [0.3, 0.4) is 0 Å². The van der Waals surface area contributed by atoms with Crippen molar-refractivity contribution >= 4 is 51.3 Å². The molecule has 0 fully saturated rings. The fourth-order valence-electron chi connectivity index (χ4n) is 2.13. The Morgan fingerprint density at radius 2 is 1.85 bits per heavy atom. The van der Waals surface area contributed by atoms with E-state index < -0.39 is 0 Å². The maximum atomic E-state index is 12.2. The second-order valence-corrected chi connectivity index (χ2v) is 6.88. The molecular weight excluding hydrogens is 390 g/mol. The number of hydrogen-bond acceptors (Lipinski definition) is 5. The van der Waals surface area contributed by atoms with Crippen LogP contribution < -0.4 is 15.4 Å². The van der Waals surface area contributed by atoms with Crippen molar-refractivity contribution in [2.45, 2.75) is 0 Å². The van der Waals surface area contributed by atoms with E-state index in [2.05, 4.69) is 15.6 Å². The monoisotopic (exact) mass is 403 g/mol. The Morgan fingerprint density at radius 1 is 1.15 bits per heavy atom. The molecule has 0 unspecified atom stereocenters. The zero-order chi connectivity index (χ0) is 18.5. The number of carbonyl (C=O) groups is 1. The lowest BCUT2D eigenvalue weighted by molar-refractivity contribution is 0.0977. The van der Waals surface area contributed by atoms with E-state index >= 15 is 0 Å². The Morgan fingerprint density at radius 3 is 2.50 bits per heavy atom. The third kappa shape index (κ3) is 4.57. The molecule has 5 nitrogen and oxygen atoms in total. The van der Waals surface area contributed by atoms with Crippen LogP contribution in [0.4, 0.5) is 5.13 Å². The molecule has 132 valence electrons. The van der Waals surface area contributed by atoms with Gasteiger partial charge in [0.15, 0.2) is 10.2 Å². The largest absolute Gasteiger partial charge is 0.497 e. The van der Waals surface area contributed by atoms with Crippen molar-refractivity contribution in [3.05, 3.63) is 64.5 Å². The molecule has 0 saturated carbocycles. The Kier molecular flexibility index (Phi) is 5.82. The molecule has 0 aliphatic carbocycles. The maximum Gasteiger partial charge on any atom is 0.257 e. The molecular formula is C18H14ClN3O2S2. The number of thiocarbonyl (C=S) groups is 1. The minimum Gasteiger partial charge on any atom is -0.497 e. The van der Waals surface area contributed by atoms with Gasteiger partial charge < -0.3 is 10.1 Å². The van der Waals surface area contributed by atoms with Crippen LogP contribution in [0.15, 0.2) is 53.9 Å². The van der Waals surface area contributed by atoms with Gasteiger partial charge in [0, 0.05) is 21.5 Å². The number of amides is 1. The van der Waals surface area contributed by atoms with Gasteiger partial charge >= 0.3 is 0 Å². The number of anilines is 1. The molecule has 0 atom stereocenters. The molecule has 2 aromatic carbocycles. The lowest BCUT2D eigenvalue weighted by Gasteiger charge is -2.07. The summed E-state index contributed by atoms with van der Waals surface area (Å²) in [6.45, 7) is 0. The molecule has 1 aromatic heterocycles. The second kappa shape index (κ2) is 8.27. The first kappa shape index (κ1) is 18.3. The van der Waals surface area contributed by atoms with Crippen LogP contribution in [0.1, 0.15) is 10.4 Å². The molecule has 0 bridgehead atoms. The minimum atomic E-state index is -0.306. The summed E-state index contributed by atoms with van der Waals surface area (Å²) in [5.41, 5.74) is 2.24. The molecule has 8 heteroatoms. The lowest BCUT2D eigenvalue weighted by Crippen LogP contribution is -2.34. The predicted octanol–water partition coefficient (Wildman–Crippen LogP) is 4.60. The van der Waals surface area contributed by atoms with Crippen LogP contribution in [0.2, 0.25) is 5.02 Å². The van der Waals surface area contributed by atoms with E-state index in [1.165, 1.54) is 11.3 Å². The number of halogens is 1. The molecule has 3 aromatic rings. The van der Waals surface area contributed by atoms with Gasteiger partial charge in [-0.1, -0.05) is 23.7 Å². The summed E-state index contributed by atoms with van der Waals surface area (Å²) in [5, 5.41) is 8.90. The highest BCUT2D eigenvalue weighted by molar-refractivity contribution is 7.80. The molecule has 1 heterocycles. The zero-order valence-corrected chi connectivity index (χ0v) is 16.0. The van der Waals surface area contributed by atoms with Crippen molar-refractivity contribution in [3.8, 4) is 17.0 Å². The molecule has 0 radical (unpaired) electrons. The van der Waals surface area contributed by atoms with E-state index in [0.717, 1.165) is 11.3 Å². The zero-order valence-electron chi connectivity index (χ0n) is 13.7. The van der Waals surface area contributed by atoms with Crippen molar-refractivity contribution in [1.29, 1.82) is 0 Å². The summed E-state index contributed by atoms with van der Waals surface area (Å²) in [7, 11) is 1.57. The van der Waals surface area contributed by atoms with Gasteiger partial charge in [0.1, 0.15) is 5.75 Å². The van der Waals surface area contributed by atoms with Crippen molar-refractivity contribution < 1.29 is 9.53 Å². The number of methoxy groups -OCH3 is 1. The van der Waals surface area contributed by atoms with E-state index in [-0.39, 0.29) is 11.0 Å². The highest BCUT2D eigenvalue weighted by Crippen LogP contribution is 2.25. The average molecular weight is 404 g/mol. The Balaban J connectivity index is 1.61. The Labute approximate surface area is 165 Å². The summed E-state index contributed by atoms with van der Waals surface area (Å²) in [6, 6.07) is 14.2. The van der Waals surface area contributed by atoms with E-state index in [4.69, 9.17) is 28.6 Å². The summed E-state index contributed by atoms with van der Waals surface area (Å²) in [4.78, 5) is 16.7. The van der Waals surface area contributed by atoms with Gasteiger partial charge in [-0.15, -0.1) is 11.3 Å². The van der Waals surface area contributed by atoms with Crippen molar-refractivity contribution in [2.75, 3.05) is 12.4 Å². The molecule has 0 saturated heterocycles. The summed E-state index contributed by atoms with van der Waals surface area (Å²) >= 11 is 12.5. The van der Waals surface area contributed by atoms with Crippen molar-refractivity contribution in [3.63, 3.8) is 0 Å². The van der Waals surface area contributed by atoms with Crippen LogP contribution in [-0.4, -0.2) is 23.1 Å². The van der Waals surface area contributed by atoms with E-state index in [0.29, 0.717) is 21.5 Å². The Hall–Kier alpha value is -2.48. The molecule has 2 N–H and O–H groups in total. The highest BCUT2D eigenvalue weighted by atomic mass is 35.5. The number of thiazole rings is 1. The quantitative estimate of drug-likeness (QED) is 0.623. The van der Waals surface area contributed by atoms with Gasteiger partial charge in [-0.05, 0) is 48.6 Å². The van der Waals surface area contributed by atoms with E-state index in [9.17, 15) is 4.79 Å². The molecule has 1 amide bonds. The summed E-state index contributed by atoms with van der Waals surface area (Å²) in [6.07, 6.45) is 0. The molecule has 0 aliphatic heterocycles. The van der Waals surface area contributed by atoms with Gasteiger partial charge in [-0.3, -0.25) is 10.1 Å². The number of nitrogens with zero attached hydrogens (tertiary/aromatic N) is 1. The smallest absolute Gasteiger partial charge is 0.257 e. The lowest BCUT2D eigenvalue weighted by atomic mass is 10.2. The topological polar surface area (TPSA) is 63.2 Å². The third-order valence-corrected chi connectivity index (χ3v) is 4.66. The normalized spacial score (nSPS) is 10.2. The van der Waals surface area contributed by atoms with Crippen LogP contribution >= 0.6 is 35.2 Å². The number of nitrogens with one attached hydrogen (secondary N) is 2. The number of rotatable bonds is 4.